The Kier molecular flexibility index (Phi) is 36.7. The molecule has 4 aliphatic carbocycles. The number of aromatic hydroxyl groups is 20. The number of rotatable bonds is 29. The molecule has 0 spiro atoms. The van der Waals surface area contributed by atoms with Gasteiger partial charge >= 0.3 is 0 Å². The van der Waals surface area contributed by atoms with Crippen molar-refractivity contribution in [1.82, 2.24) is 36.8 Å². The van der Waals surface area contributed by atoms with Gasteiger partial charge in [0.2, 0.25) is 11.8 Å². The van der Waals surface area contributed by atoms with Crippen LogP contribution in [0, 0.1) is 35.5 Å². The van der Waals surface area contributed by atoms with Crippen LogP contribution < -0.4 is 31.9 Å². The van der Waals surface area contributed by atoms with Crippen molar-refractivity contribution in [3.05, 3.63) is 273 Å². The molecule has 1 aliphatic heterocycles. The molecule has 4 fully saturated rings. The number of hydrogen-bond acceptors (Lipinski definition) is 28. The summed E-state index contributed by atoms with van der Waals surface area (Å²) in [5.74, 6) is -1.75. The third-order valence-corrected chi connectivity index (χ3v) is 26.3. The second kappa shape index (κ2) is 49.4. The number of fused-ring (bicyclic) bond motifs is 1. The van der Waals surface area contributed by atoms with E-state index >= 15 is 0 Å². The van der Waals surface area contributed by atoms with E-state index in [1.807, 2.05) is 41.3 Å². The molecule has 5 aliphatic rings. The van der Waals surface area contributed by atoms with E-state index in [4.69, 9.17) is 0 Å². The fraction of sp³-hybridized carbons (Fsp3) is 0.355. The Balaban J connectivity index is 0.000000154. The zero-order valence-electron chi connectivity index (χ0n) is 76.4. The van der Waals surface area contributed by atoms with Gasteiger partial charge in [0.25, 0.3) is 0 Å². The number of likely N-dealkylation sites (tertiary alicyclic amines) is 1. The van der Waals surface area contributed by atoms with Gasteiger partial charge in [-0.05, 0) is 335 Å². The van der Waals surface area contributed by atoms with Gasteiger partial charge in [0.15, 0.2) is 115 Å². The Morgan fingerprint density at radius 2 is 0.635 bits per heavy atom. The van der Waals surface area contributed by atoms with E-state index < -0.39 is 0 Å². The largest absolute Gasteiger partial charge is 0.504 e. The predicted molar refractivity (Wildman–Crippen MR) is 516 cm³/mol. The molecule has 0 aromatic heterocycles. The molecule has 7 atom stereocenters. The van der Waals surface area contributed by atoms with Crippen LogP contribution >= 0.6 is 0 Å². The Labute approximate surface area is 795 Å². The van der Waals surface area contributed by atoms with Gasteiger partial charge in [-0.3, -0.25) is 19.3 Å². The van der Waals surface area contributed by atoms with Gasteiger partial charge in [0, 0.05) is 75.7 Å². The highest BCUT2D eigenvalue weighted by Crippen LogP contribution is 2.40. The number of Topliss-reactive ketones (excluding diaryl/α,β-unsaturated/α-hetero) is 1. The van der Waals surface area contributed by atoms with Crippen LogP contribution in [0.15, 0.2) is 206 Å². The maximum atomic E-state index is 13.2. The highest BCUT2D eigenvalue weighted by atomic mass is 16.3. The molecule has 1 heterocycles. The predicted octanol–water partition coefficient (Wildman–Crippen LogP) is 14.4. The smallest absolute Gasteiger partial charge is 0.237 e. The molecular weight excluding hydrogens is 1750 g/mol. The second-order valence-electron chi connectivity index (χ2n) is 36.5. The number of phenols is 20. The lowest BCUT2D eigenvalue weighted by Crippen LogP contribution is -2.42. The third kappa shape index (κ3) is 30.4. The molecule has 728 valence electrons. The van der Waals surface area contributed by atoms with Crippen molar-refractivity contribution < 1.29 is 117 Å². The van der Waals surface area contributed by atoms with Crippen LogP contribution in [0.5, 0.6) is 115 Å². The summed E-state index contributed by atoms with van der Waals surface area (Å²) in [6.45, 7) is 6.56. The lowest BCUT2D eigenvalue weighted by atomic mass is 9.73. The molecule has 26 N–H and O–H groups in total. The Morgan fingerprint density at radius 3 is 1.04 bits per heavy atom. The van der Waals surface area contributed by atoms with Crippen molar-refractivity contribution in [1.29, 1.82) is 0 Å². The van der Waals surface area contributed by atoms with Crippen molar-refractivity contribution in [2.75, 3.05) is 26.2 Å². The maximum Gasteiger partial charge on any atom is 0.237 e. The SMILES string of the molecule is O=C(NCCc1ccc(O)c(O)c1)C1Cc2ccccc2CC1Cc1ccc(O)c(O)c1.O=C(NCc1ccc(O)c(O)c1)C1CCCN1Cc1ccc(O)c(O)c1.O=C1C(Cc2ccc(O)c(O)c2)CCCC1Cc1ccc(O)c(O)c1.Oc1ccc(CNC2CCC(NCc3ccc(O)c(O)c3)CC2)cc1O.Oc1ccc(CNCC2CCCC(CNCc3ccc(O)c(O)c3)C2)cc1O. The van der Waals surface area contributed by atoms with Crippen molar-refractivity contribution in [2.45, 2.75) is 179 Å². The first kappa shape index (κ1) is 102. The van der Waals surface area contributed by atoms with Crippen LogP contribution in [-0.4, -0.2) is 169 Å². The number of amides is 2. The van der Waals surface area contributed by atoms with Gasteiger partial charge < -0.3 is 134 Å². The van der Waals surface area contributed by atoms with Crippen LogP contribution in [0.2, 0.25) is 0 Å². The first-order chi connectivity index (χ1) is 65.8. The number of hydrogen-bond donors (Lipinski definition) is 26. The van der Waals surface area contributed by atoms with E-state index in [0.717, 1.165) is 134 Å². The van der Waals surface area contributed by atoms with Crippen LogP contribution in [0.1, 0.15) is 150 Å². The Morgan fingerprint density at radius 1 is 0.307 bits per heavy atom. The average Bonchev–Trinajstić information content (AvgIpc) is 1.26. The van der Waals surface area contributed by atoms with Gasteiger partial charge in [-0.15, -0.1) is 0 Å². The molecule has 7 unspecified atom stereocenters. The monoisotopic (exact) mass is 1880 g/mol. The van der Waals surface area contributed by atoms with Gasteiger partial charge in [-0.1, -0.05) is 97.8 Å². The van der Waals surface area contributed by atoms with Gasteiger partial charge in [0.05, 0.1) is 6.04 Å². The van der Waals surface area contributed by atoms with E-state index in [-0.39, 0.29) is 169 Å². The highest BCUT2D eigenvalue weighted by molar-refractivity contribution is 5.85. The molecule has 2 amide bonds. The second-order valence-corrected chi connectivity index (χ2v) is 36.5. The van der Waals surface area contributed by atoms with Crippen LogP contribution in [0.25, 0.3) is 0 Å². The number of carbonyl (C=O) groups excluding carboxylic acids is 3. The van der Waals surface area contributed by atoms with Crippen molar-refractivity contribution >= 4 is 17.6 Å². The minimum absolute atomic E-state index is 0.0181. The van der Waals surface area contributed by atoms with Crippen molar-refractivity contribution in [3.63, 3.8) is 0 Å². The fourth-order valence-electron chi connectivity index (χ4n) is 18.6. The molecule has 11 aromatic rings. The van der Waals surface area contributed by atoms with E-state index in [1.165, 1.54) is 128 Å². The summed E-state index contributed by atoms with van der Waals surface area (Å²) >= 11 is 0. The lowest BCUT2D eigenvalue weighted by molar-refractivity contribution is -0.129. The summed E-state index contributed by atoms with van der Waals surface area (Å²) in [7, 11) is 0. The summed E-state index contributed by atoms with van der Waals surface area (Å²) in [5.41, 5.74) is 11.1. The highest BCUT2D eigenvalue weighted by Gasteiger charge is 2.36. The number of benzene rings is 11. The molecule has 16 rings (SSSR count). The van der Waals surface area contributed by atoms with Crippen LogP contribution in [-0.2, 0) is 92.2 Å². The summed E-state index contributed by atoms with van der Waals surface area (Å²) in [6, 6.07) is 56.4. The molecule has 0 radical (unpaired) electrons. The van der Waals surface area contributed by atoms with Crippen LogP contribution in [0.3, 0.4) is 0 Å². The van der Waals surface area contributed by atoms with Crippen molar-refractivity contribution in [3.8, 4) is 115 Å². The molecule has 30 nitrogen and oxygen atoms in total. The summed E-state index contributed by atoms with van der Waals surface area (Å²) in [5, 5.41) is 210. The number of carbonyl (C=O) groups is 3. The maximum absolute atomic E-state index is 13.2. The van der Waals surface area contributed by atoms with Crippen LogP contribution in [0.4, 0.5) is 0 Å². The number of ketones is 1. The van der Waals surface area contributed by atoms with Crippen molar-refractivity contribution in [2.24, 2.45) is 35.5 Å². The topological polar surface area (TPSA) is 531 Å². The number of phenolic OH excluding ortho intramolecular Hbond substituents is 20. The Hall–Kier alpha value is -14.2. The average molecular weight is 1880 g/mol. The third-order valence-electron chi connectivity index (χ3n) is 26.3. The lowest BCUT2D eigenvalue weighted by Gasteiger charge is -2.32. The molecular formula is C107H127N7O23. The molecule has 11 aromatic carbocycles. The summed E-state index contributed by atoms with van der Waals surface area (Å²) in [4.78, 5) is 40.5. The number of nitrogens with one attached hydrogen (secondary N) is 6. The Bertz CT molecular complexity index is 5680. The zero-order valence-corrected chi connectivity index (χ0v) is 76.4. The molecule has 0 bridgehead atoms. The minimum atomic E-state index is -0.267. The number of nitrogens with zero attached hydrogens (tertiary/aromatic N) is 1. The van der Waals surface area contributed by atoms with Gasteiger partial charge in [-0.25, -0.2) is 0 Å². The molecule has 1 saturated heterocycles. The summed E-state index contributed by atoms with van der Waals surface area (Å²) < 4.78 is 0. The van der Waals surface area contributed by atoms with E-state index in [0.29, 0.717) is 101 Å². The fourth-order valence-corrected chi connectivity index (χ4v) is 18.6. The minimum Gasteiger partial charge on any atom is -0.504 e. The standard InChI is InChI=1S/C26H27NO5.C22H30N2O4.C20H26N2O4.C20H22O5.C19H22N2O5/c28-22-7-5-16(12-24(22)30)9-10-27-26(32)21-15-19-4-2-1-3-18(19)14-20(21)11-17-6-8-23(29)25(31)13-17;25-19-6-4-17(9-21(19)27)13-23-11-15-2-1-3-16(8-15)12-24-14-18-5-7-20(26)22(28)10-18;23-17-7-1-13(9-19(17)25)11-21-15-3-5-16(6-4-15)22-12-14-2-8-18(24)20(26)10-14;21-16-6-4-12(10-18(16)23)8-14-2-1-3-15(20(14)25)9-13-5-7-17(22)19(24)11-13;22-15-5-3-12(8-17(15)24)10-20-19(26)14-2-1-7-21(14)11-13-4-6-16(23)18(25)9-13/h1-8,12-13,20-21,28-31H,9-11,14-15H2,(H,27,32);4-7,9-10,15-16,23-28H,1-3,8,11-14H2;1-2,7-10,15-16,21-26H,3-6,11-12H2;4-7,10-11,14-15,21-24H,1-3,8-9H2;3-6,8-9,14,22-25H,1-2,7,10-11H2,(H,20,26). The molecule has 3 saturated carbocycles. The van der Waals surface area contributed by atoms with E-state index in [2.05, 4.69) is 44.0 Å². The van der Waals surface area contributed by atoms with E-state index in [1.54, 1.807) is 66.7 Å². The normalized spacial score (nSPS) is 18.9. The molecule has 137 heavy (non-hydrogen) atoms. The quantitative estimate of drug-likeness (QED) is 0.0194. The van der Waals surface area contributed by atoms with Gasteiger partial charge in [0.1, 0.15) is 5.78 Å². The van der Waals surface area contributed by atoms with Gasteiger partial charge in [-0.2, -0.15) is 0 Å². The molecule has 30 heteroatoms. The summed E-state index contributed by atoms with van der Waals surface area (Å²) in [6.07, 6.45) is 17.1. The first-order valence-electron chi connectivity index (χ1n) is 46.7. The van der Waals surface area contributed by atoms with E-state index in [9.17, 15) is 117 Å². The first-order valence-corrected chi connectivity index (χ1v) is 46.7. The zero-order chi connectivity index (χ0) is 97.8.